The van der Waals surface area contributed by atoms with Crippen molar-refractivity contribution < 1.29 is 44.1 Å². The van der Waals surface area contributed by atoms with Crippen LogP contribution in [0.2, 0.25) is 0 Å². The van der Waals surface area contributed by atoms with Gasteiger partial charge >= 0.3 is 0 Å². The number of carbonyl (C=O) groups excluding carboxylic acids is 3. The second-order valence-electron chi connectivity index (χ2n) is 11.8. The van der Waals surface area contributed by atoms with E-state index in [1.54, 1.807) is 12.1 Å². The molecule has 4 aliphatic rings. The summed E-state index contributed by atoms with van der Waals surface area (Å²) in [6.45, 7) is 4.83. The Hall–Kier alpha value is -4.00. The summed E-state index contributed by atoms with van der Waals surface area (Å²) in [5.74, 6) is -6.46. The highest BCUT2D eigenvalue weighted by atomic mass is 16.5. The number of aromatic hydroxyl groups is 1. The Morgan fingerprint density at radius 1 is 1.17 bits per heavy atom. The van der Waals surface area contributed by atoms with Gasteiger partial charge in [-0.2, -0.15) is 0 Å². The van der Waals surface area contributed by atoms with Crippen molar-refractivity contribution >= 4 is 23.2 Å². The Kier molecular flexibility index (Phi) is 6.75. The van der Waals surface area contributed by atoms with Gasteiger partial charge in [0.05, 0.1) is 17.3 Å². The van der Waals surface area contributed by atoms with Crippen molar-refractivity contribution in [2.24, 2.45) is 17.6 Å². The van der Waals surface area contributed by atoms with Crippen LogP contribution in [-0.2, 0) is 25.5 Å². The average Bonchev–Trinajstić information content (AvgIpc) is 3.44. The number of fused-ring (bicyclic) bond motifs is 3. The molecular weight excluding hydrogens is 546 g/mol. The van der Waals surface area contributed by atoms with E-state index < -0.39 is 58.0 Å². The molecule has 2 fully saturated rings. The van der Waals surface area contributed by atoms with Gasteiger partial charge in [0.15, 0.2) is 17.1 Å². The van der Waals surface area contributed by atoms with Crippen LogP contribution in [0.4, 0.5) is 0 Å². The number of nitrogens with two attached hydrogens (primary N) is 1. The third-order valence-electron chi connectivity index (χ3n) is 9.10. The summed E-state index contributed by atoms with van der Waals surface area (Å²) in [7, 11) is 0. The Bertz CT molecular complexity index is 1570. The number of hydrogen-bond acceptors (Lipinski definition) is 11. The quantitative estimate of drug-likeness (QED) is 0.282. The van der Waals surface area contributed by atoms with Gasteiger partial charge in [-0.3, -0.25) is 14.4 Å². The fourth-order valence-corrected chi connectivity index (χ4v) is 6.91. The lowest BCUT2D eigenvalue weighted by molar-refractivity contribution is -0.150. The van der Waals surface area contributed by atoms with Crippen molar-refractivity contribution in [2.75, 3.05) is 13.2 Å². The summed E-state index contributed by atoms with van der Waals surface area (Å²) in [4.78, 5) is 40.0. The standard InChI is InChI=1S/C30H33N3O9/c1-12(2)18-11-20(42-33-18)15-3-4-19(34)22-16(15)9-13-10-17-24(32-14-5-7-41-8-6-14)26(36)23(29(31)39)28(38)30(17,40)27(37)21(13)25(22)35/h3-4,11-14,17,24,32,34-35,38,40H,5-10H2,1-2H3,(H2,31,39)/t13-,17-,24+,30-/m0/s1. The highest BCUT2D eigenvalue weighted by molar-refractivity contribution is 6.24. The van der Waals surface area contributed by atoms with Crippen LogP contribution in [0, 0.1) is 11.8 Å². The van der Waals surface area contributed by atoms with Crippen molar-refractivity contribution in [3.8, 4) is 17.1 Å². The predicted molar refractivity (Wildman–Crippen MR) is 147 cm³/mol. The Balaban J connectivity index is 1.49. The Morgan fingerprint density at radius 3 is 2.52 bits per heavy atom. The summed E-state index contributed by atoms with van der Waals surface area (Å²) < 4.78 is 11.0. The normalized spacial score (nSPS) is 28.1. The first-order valence-corrected chi connectivity index (χ1v) is 14.1. The number of ether oxygens (including phenoxy) is 1. The van der Waals surface area contributed by atoms with Crippen LogP contribution in [-0.4, -0.2) is 74.0 Å². The fraction of sp³-hybridized carbons (Fsp3) is 0.467. The minimum Gasteiger partial charge on any atom is -0.508 e. The summed E-state index contributed by atoms with van der Waals surface area (Å²) in [6.07, 6.45) is 1.27. The molecule has 1 aliphatic heterocycles. The van der Waals surface area contributed by atoms with Crippen LogP contribution >= 0.6 is 0 Å². The number of phenols is 1. The van der Waals surface area contributed by atoms with E-state index >= 15 is 0 Å². The van der Waals surface area contributed by atoms with Crippen LogP contribution in [0.5, 0.6) is 5.75 Å². The van der Waals surface area contributed by atoms with Gasteiger partial charge < -0.3 is 40.7 Å². The largest absolute Gasteiger partial charge is 0.508 e. The third kappa shape index (κ3) is 4.08. The number of benzene rings is 1. The van der Waals surface area contributed by atoms with E-state index in [-0.39, 0.29) is 41.7 Å². The van der Waals surface area contributed by atoms with E-state index in [1.807, 2.05) is 13.8 Å². The number of ketones is 2. The average molecular weight is 580 g/mol. The number of Topliss-reactive ketones (excluding diaryl/α,β-unsaturated/α-hetero) is 2. The van der Waals surface area contributed by atoms with E-state index in [1.165, 1.54) is 6.07 Å². The van der Waals surface area contributed by atoms with E-state index in [4.69, 9.17) is 15.0 Å². The van der Waals surface area contributed by atoms with Crippen LogP contribution in [0.3, 0.4) is 0 Å². The summed E-state index contributed by atoms with van der Waals surface area (Å²) in [5.41, 5.74) is 3.49. The number of aliphatic hydroxyl groups is 3. The number of primary amides is 1. The lowest BCUT2D eigenvalue weighted by Crippen LogP contribution is -2.67. The molecule has 4 atom stereocenters. The highest BCUT2D eigenvalue weighted by Crippen LogP contribution is 2.53. The van der Waals surface area contributed by atoms with Crippen molar-refractivity contribution in [1.29, 1.82) is 0 Å². The van der Waals surface area contributed by atoms with Gasteiger partial charge in [-0.25, -0.2) is 0 Å². The van der Waals surface area contributed by atoms with Gasteiger partial charge in [0.25, 0.3) is 5.91 Å². The number of phenolic OH excluding ortho intramolecular Hbond substituents is 1. The van der Waals surface area contributed by atoms with E-state index in [0.717, 1.165) is 5.69 Å². The second-order valence-corrected chi connectivity index (χ2v) is 11.8. The molecule has 2 heterocycles. The van der Waals surface area contributed by atoms with Gasteiger partial charge in [0.1, 0.15) is 22.8 Å². The molecule has 1 saturated heterocycles. The SMILES string of the molecule is CC(C)c1cc(-c2ccc(O)c3c2C[C@H]2C[C@H]4[C@@H](NC5CCOCC5)C(=O)C(C(N)=O)=C(O)[C@@]4(O)C(=O)C2=C3O)on1. The summed E-state index contributed by atoms with van der Waals surface area (Å²) in [5, 5.41) is 52.6. The number of amides is 1. The first kappa shape index (κ1) is 28.1. The smallest absolute Gasteiger partial charge is 0.255 e. The van der Waals surface area contributed by atoms with Crippen molar-refractivity contribution in [1.82, 2.24) is 10.5 Å². The zero-order valence-electron chi connectivity index (χ0n) is 23.2. The Morgan fingerprint density at radius 2 is 1.88 bits per heavy atom. The fourth-order valence-electron chi connectivity index (χ4n) is 6.91. The number of aromatic nitrogens is 1. The molecule has 12 heteroatoms. The van der Waals surface area contributed by atoms with Crippen molar-refractivity contribution in [3.05, 3.63) is 51.9 Å². The highest BCUT2D eigenvalue weighted by Gasteiger charge is 2.64. The molecule has 2 aromatic rings. The van der Waals surface area contributed by atoms with Crippen LogP contribution in [0.1, 0.15) is 55.8 Å². The molecule has 1 aromatic carbocycles. The zero-order valence-corrected chi connectivity index (χ0v) is 23.2. The maximum Gasteiger partial charge on any atom is 0.255 e. The third-order valence-corrected chi connectivity index (χ3v) is 9.10. The molecular formula is C30H33N3O9. The van der Waals surface area contributed by atoms with E-state index in [9.17, 15) is 34.8 Å². The molecule has 0 spiro atoms. The molecule has 0 radical (unpaired) electrons. The van der Waals surface area contributed by atoms with Gasteiger partial charge in [-0.15, -0.1) is 0 Å². The molecule has 7 N–H and O–H groups in total. The molecule has 0 unspecified atom stereocenters. The second kappa shape index (κ2) is 10.1. The molecule has 6 rings (SSSR count). The maximum atomic E-state index is 14.1. The van der Waals surface area contributed by atoms with Gasteiger partial charge in [-0.1, -0.05) is 19.0 Å². The summed E-state index contributed by atoms with van der Waals surface area (Å²) in [6, 6.07) is 3.37. The number of rotatable bonds is 5. The van der Waals surface area contributed by atoms with Gasteiger partial charge in [0, 0.05) is 42.4 Å². The molecule has 1 aromatic heterocycles. The number of aliphatic hydroxyl groups excluding tert-OH is 2. The monoisotopic (exact) mass is 579 g/mol. The molecule has 42 heavy (non-hydrogen) atoms. The van der Waals surface area contributed by atoms with Crippen LogP contribution in [0.25, 0.3) is 17.1 Å². The van der Waals surface area contributed by atoms with Gasteiger partial charge in [0.2, 0.25) is 5.78 Å². The minimum atomic E-state index is -2.71. The first-order valence-electron chi connectivity index (χ1n) is 14.1. The maximum absolute atomic E-state index is 14.1. The minimum absolute atomic E-state index is 0.000919. The number of nitrogens with one attached hydrogen (secondary N) is 1. The Labute approximate surface area is 240 Å². The van der Waals surface area contributed by atoms with E-state index in [2.05, 4.69) is 10.5 Å². The topological polar surface area (TPSA) is 205 Å². The zero-order chi connectivity index (χ0) is 30.1. The van der Waals surface area contributed by atoms with Gasteiger partial charge in [-0.05, 0) is 55.2 Å². The number of nitrogens with zero attached hydrogens (tertiary/aromatic N) is 1. The van der Waals surface area contributed by atoms with Crippen LogP contribution < -0.4 is 11.1 Å². The summed E-state index contributed by atoms with van der Waals surface area (Å²) >= 11 is 0. The molecule has 1 saturated carbocycles. The van der Waals surface area contributed by atoms with Crippen molar-refractivity contribution in [2.45, 2.75) is 63.1 Å². The van der Waals surface area contributed by atoms with Crippen LogP contribution in [0.15, 0.2) is 39.6 Å². The predicted octanol–water partition coefficient (Wildman–Crippen LogP) is 1.95. The molecule has 0 bridgehead atoms. The van der Waals surface area contributed by atoms with E-state index in [0.29, 0.717) is 42.9 Å². The first-order chi connectivity index (χ1) is 19.9. The molecule has 3 aliphatic carbocycles. The molecule has 12 nitrogen and oxygen atoms in total. The number of carbonyl (C=O) groups is 3. The molecule has 222 valence electrons. The number of hydrogen-bond donors (Lipinski definition) is 6. The lowest BCUT2D eigenvalue weighted by Gasteiger charge is -2.49. The van der Waals surface area contributed by atoms with Crippen molar-refractivity contribution in [3.63, 3.8) is 0 Å². The molecule has 1 amide bonds. The lowest BCUT2D eigenvalue weighted by atomic mass is 9.57.